The molecule has 0 bridgehead atoms. The van der Waals surface area contributed by atoms with Crippen molar-refractivity contribution in [3.8, 4) is 0 Å². The Morgan fingerprint density at radius 3 is 2.68 bits per heavy atom. The third-order valence-electron chi connectivity index (χ3n) is 3.60. The number of nitrogens with one attached hydrogen (secondary N) is 1. The summed E-state index contributed by atoms with van der Waals surface area (Å²) >= 11 is 6.21. The first-order chi connectivity index (χ1) is 10.7. The summed E-state index contributed by atoms with van der Waals surface area (Å²) in [7, 11) is 0. The van der Waals surface area contributed by atoms with Crippen LogP contribution < -0.4 is 5.32 Å². The molecule has 0 radical (unpaired) electrons. The van der Waals surface area contributed by atoms with E-state index in [4.69, 9.17) is 11.6 Å². The number of carbonyl (C=O) groups excluding carboxylic acids is 2. The van der Waals surface area contributed by atoms with Gasteiger partial charge in [-0.1, -0.05) is 29.8 Å². The fourth-order valence-electron chi connectivity index (χ4n) is 2.55. The maximum absolute atomic E-state index is 12.7. The van der Waals surface area contributed by atoms with E-state index in [0.29, 0.717) is 29.2 Å². The molecule has 1 aliphatic heterocycles. The molecular formula is C16H14ClN3O2. The number of amides is 2. The number of piperazine rings is 1. The van der Waals surface area contributed by atoms with Gasteiger partial charge in [0, 0.05) is 41.6 Å². The summed E-state index contributed by atoms with van der Waals surface area (Å²) in [5.74, 6) is -0.427. The van der Waals surface area contributed by atoms with Crippen LogP contribution in [0.1, 0.15) is 22.0 Å². The summed E-state index contributed by atoms with van der Waals surface area (Å²) in [4.78, 5) is 30.5. The summed E-state index contributed by atoms with van der Waals surface area (Å²) in [5.41, 5.74) is 1.13. The first kappa shape index (κ1) is 14.5. The fraction of sp³-hybridized carbons (Fsp3) is 0.188. The van der Waals surface area contributed by atoms with Gasteiger partial charge in [-0.15, -0.1) is 0 Å². The van der Waals surface area contributed by atoms with Crippen molar-refractivity contribution in [2.75, 3.05) is 13.1 Å². The Hall–Kier alpha value is -2.40. The number of pyridine rings is 1. The standard InChI is InChI=1S/C16H14ClN3O2/c17-13-4-2-1-3-12(13)14-15(21)19-9-10-20(14)16(22)11-5-7-18-8-6-11/h1-8,14H,9-10H2,(H,19,21). The summed E-state index contributed by atoms with van der Waals surface area (Å²) in [5, 5.41) is 3.26. The number of hydrogen-bond donors (Lipinski definition) is 1. The number of nitrogens with zero attached hydrogens (tertiary/aromatic N) is 2. The Morgan fingerprint density at radius 2 is 1.95 bits per heavy atom. The van der Waals surface area contributed by atoms with Crippen LogP contribution in [0.15, 0.2) is 48.8 Å². The van der Waals surface area contributed by atoms with Gasteiger partial charge < -0.3 is 10.2 Å². The van der Waals surface area contributed by atoms with Gasteiger partial charge in [-0.05, 0) is 18.2 Å². The number of halogens is 1. The number of rotatable bonds is 2. The molecule has 0 spiro atoms. The first-order valence-corrected chi connectivity index (χ1v) is 7.29. The van der Waals surface area contributed by atoms with Crippen molar-refractivity contribution in [2.24, 2.45) is 0 Å². The zero-order valence-corrected chi connectivity index (χ0v) is 12.5. The molecule has 1 aromatic carbocycles. The van der Waals surface area contributed by atoms with Crippen LogP contribution in [0.4, 0.5) is 0 Å². The molecular weight excluding hydrogens is 302 g/mol. The molecule has 0 saturated carbocycles. The summed E-state index contributed by atoms with van der Waals surface area (Å²) in [6.07, 6.45) is 3.11. The van der Waals surface area contributed by atoms with E-state index >= 15 is 0 Å². The lowest BCUT2D eigenvalue weighted by Gasteiger charge is -2.35. The molecule has 2 aromatic rings. The lowest BCUT2D eigenvalue weighted by molar-refractivity contribution is -0.128. The van der Waals surface area contributed by atoms with Gasteiger partial charge in [0.2, 0.25) is 5.91 Å². The Labute approximate surface area is 132 Å². The van der Waals surface area contributed by atoms with Crippen LogP contribution in [0.5, 0.6) is 0 Å². The van der Waals surface area contributed by atoms with Crippen molar-refractivity contribution >= 4 is 23.4 Å². The van der Waals surface area contributed by atoms with Gasteiger partial charge in [-0.3, -0.25) is 14.6 Å². The predicted octanol–water partition coefficient (Wildman–Crippen LogP) is 2.05. The SMILES string of the molecule is O=C1NCCN(C(=O)c2ccncc2)C1c1ccccc1Cl. The summed E-state index contributed by atoms with van der Waals surface area (Å²) in [6.45, 7) is 0.861. The normalized spacial score (nSPS) is 18.0. The minimum atomic E-state index is -0.719. The molecule has 1 unspecified atom stereocenters. The second kappa shape index (κ2) is 6.15. The Morgan fingerprint density at radius 1 is 1.23 bits per heavy atom. The molecule has 112 valence electrons. The molecule has 0 aliphatic carbocycles. The Kier molecular flexibility index (Phi) is 4.06. The quantitative estimate of drug-likeness (QED) is 0.922. The van der Waals surface area contributed by atoms with E-state index in [2.05, 4.69) is 10.3 Å². The second-order valence-corrected chi connectivity index (χ2v) is 5.36. The lowest BCUT2D eigenvalue weighted by atomic mass is 10.0. The maximum Gasteiger partial charge on any atom is 0.254 e. The van der Waals surface area contributed by atoms with Gasteiger partial charge in [-0.2, -0.15) is 0 Å². The van der Waals surface area contributed by atoms with Crippen molar-refractivity contribution in [3.63, 3.8) is 0 Å². The average Bonchev–Trinajstić information content (AvgIpc) is 2.56. The first-order valence-electron chi connectivity index (χ1n) is 6.91. The molecule has 5 nitrogen and oxygen atoms in total. The second-order valence-electron chi connectivity index (χ2n) is 4.95. The van der Waals surface area contributed by atoms with E-state index in [9.17, 15) is 9.59 Å². The van der Waals surface area contributed by atoms with Crippen LogP contribution in [-0.2, 0) is 4.79 Å². The van der Waals surface area contributed by atoms with Crippen LogP contribution in [-0.4, -0.2) is 34.8 Å². The monoisotopic (exact) mass is 315 g/mol. The van der Waals surface area contributed by atoms with E-state index < -0.39 is 6.04 Å². The molecule has 2 amide bonds. The van der Waals surface area contributed by atoms with Gasteiger partial charge in [0.05, 0.1) is 0 Å². The maximum atomic E-state index is 12.7. The van der Waals surface area contributed by atoms with E-state index in [1.54, 1.807) is 53.7 Å². The van der Waals surface area contributed by atoms with Crippen molar-refractivity contribution in [2.45, 2.75) is 6.04 Å². The predicted molar refractivity (Wildman–Crippen MR) is 82.5 cm³/mol. The Bertz CT molecular complexity index is 706. The van der Waals surface area contributed by atoms with Gasteiger partial charge >= 0.3 is 0 Å². The molecule has 1 atom stereocenters. The smallest absolute Gasteiger partial charge is 0.254 e. The summed E-state index contributed by atoms with van der Waals surface area (Å²) < 4.78 is 0. The highest BCUT2D eigenvalue weighted by Gasteiger charge is 2.35. The summed E-state index contributed by atoms with van der Waals surface area (Å²) in [6, 6.07) is 9.64. The minimum absolute atomic E-state index is 0.206. The zero-order chi connectivity index (χ0) is 15.5. The highest BCUT2D eigenvalue weighted by atomic mass is 35.5. The van der Waals surface area contributed by atoms with E-state index in [1.165, 1.54) is 0 Å². The molecule has 1 aromatic heterocycles. The van der Waals surface area contributed by atoms with Crippen molar-refractivity contribution < 1.29 is 9.59 Å². The van der Waals surface area contributed by atoms with Gasteiger partial charge in [0.25, 0.3) is 5.91 Å². The number of aromatic nitrogens is 1. The average molecular weight is 316 g/mol. The molecule has 1 fully saturated rings. The molecule has 1 N–H and O–H groups in total. The third-order valence-corrected chi connectivity index (χ3v) is 3.94. The minimum Gasteiger partial charge on any atom is -0.352 e. The number of carbonyl (C=O) groups is 2. The van der Waals surface area contributed by atoms with Crippen LogP contribution in [0.2, 0.25) is 5.02 Å². The largest absolute Gasteiger partial charge is 0.352 e. The van der Waals surface area contributed by atoms with E-state index in [-0.39, 0.29) is 11.8 Å². The molecule has 3 rings (SSSR count). The highest BCUT2D eigenvalue weighted by Crippen LogP contribution is 2.30. The van der Waals surface area contributed by atoms with E-state index in [1.807, 2.05) is 0 Å². The van der Waals surface area contributed by atoms with E-state index in [0.717, 1.165) is 0 Å². The highest BCUT2D eigenvalue weighted by molar-refractivity contribution is 6.31. The molecule has 1 aliphatic rings. The van der Waals surface area contributed by atoms with Gasteiger partial charge in [0.15, 0.2) is 0 Å². The van der Waals surface area contributed by atoms with Crippen LogP contribution >= 0.6 is 11.6 Å². The van der Waals surface area contributed by atoms with Gasteiger partial charge in [-0.25, -0.2) is 0 Å². The number of hydrogen-bond acceptors (Lipinski definition) is 3. The molecule has 6 heteroatoms. The lowest BCUT2D eigenvalue weighted by Crippen LogP contribution is -2.52. The van der Waals surface area contributed by atoms with Crippen LogP contribution in [0.3, 0.4) is 0 Å². The van der Waals surface area contributed by atoms with Crippen molar-refractivity contribution in [1.29, 1.82) is 0 Å². The van der Waals surface area contributed by atoms with Crippen molar-refractivity contribution in [1.82, 2.24) is 15.2 Å². The molecule has 2 heterocycles. The van der Waals surface area contributed by atoms with Crippen molar-refractivity contribution in [3.05, 3.63) is 64.9 Å². The third kappa shape index (κ3) is 2.67. The van der Waals surface area contributed by atoms with Crippen LogP contribution in [0.25, 0.3) is 0 Å². The van der Waals surface area contributed by atoms with Gasteiger partial charge in [0.1, 0.15) is 6.04 Å². The fourth-order valence-corrected chi connectivity index (χ4v) is 2.79. The molecule has 1 saturated heterocycles. The topological polar surface area (TPSA) is 62.3 Å². The molecule has 22 heavy (non-hydrogen) atoms. The Balaban J connectivity index is 1.99. The number of benzene rings is 1. The zero-order valence-electron chi connectivity index (χ0n) is 11.7. The van der Waals surface area contributed by atoms with Crippen LogP contribution in [0, 0.1) is 0 Å².